The Morgan fingerprint density at radius 1 is 1.41 bits per heavy atom. The molecular formula is C13H13ClN2O. The summed E-state index contributed by atoms with van der Waals surface area (Å²) in [6.07, 6.45) is 2.57. The highest BCUT2D eigenvalue weighted by atomic mass is 35.5. The monoisotopic (exact) mass is 248 g/mol. The molecule has 0 aliphatic carbocycles. The van der Waals surface area contributed by atoms with Gasteiger partial charge in [0.1, 0.15) is 0 Å². The molecule has 1 aromatic carbocycles. The van der Waals surface area contributed by atoms with Gasteiger partial charge in [0, 0.05) is 11.2 Å². The summed E-state index contributed by atoms with van der Waals surface area (Å²) in [5.41, 5.74) is 2.28. The lowest BCUT2D eigenvalue weighted by atomic mass is 10.1. The first-order valence-corrected chi connectivity index (χ1v) is 5.80. The minimum absolute atomic E-state index is 0.218. The van der Waals surface area contributed by atoms with Crippen LogP contribution in [0.4, 0.5) is 0 Å². The summed E-state index contributed by atoms with van der Waals surface area (Å²) in [4.78, 5) is 11.0. The van der Waals surface area contributed by atoms with Gasteiger partial charge in [0.15, 0.2) is 6.29 Å². The van der Waals surface area contributed by atoms with Crippen molar-refractivity contribution < 1.29 is 4.79 Å². The Morgan fingerprint density at radius 3 is 2.71 bits per heavy atom. The molecule has 0 amide bonds. The van der Waals surface area contributed by atoms with Crippen molar-refractivity contribution >= 4 is 17.9 Å². The Bertz CT molecular complexity index is 546. The number of halogens is 1. The topological polar surface area (TPSA) is 34.9 Å². The van der Waals surface area contributed by atoms with Crippen molar-refractivity contribution in [1.29, 1.82) is 0 Å². The predicted molar refractivity (Wildman–Crippen MR) is 68.1 cm³/mol. The van der Waals surface area contributed by atoms with Crippen molar-refractivity contribution in [2.24, 2.45) is 0 Å². The van der Waals surface area contributed by atoms with Crippen LogP contribution in [0.25, 0.3) is 5.69 Å². The maximum absolute atomic E-state index is 11.0. The molecule has 0 unspecified atom stereocenters. The fraction of sp³-hybridized carbons (Fsp3) is 0.231. The second-order valence-corrected chi connectivity index (χ2v) is 4.60. The van der Waals surface area contributed by atoms with Gasteiger partial charge in [-0.3, -0.25) is 4.79 Å². The smallest absolute Gasteiger partial charge is 0.153 e. The predicted octanol–water partition coefficient (Wildman–Crippen LogP) is 3.46. The average molecular weight is 249 g/mol. The lowest BCUT2D eigenvalue weighted by Crippen LogP contribution is -1.97. The van der Waals surface area contributed by atoms with E-state index in [2.05, 4.69) is 5.10 Å². The summed E-state index contributed by atoms with van der Waals surface area (Å²) in [5.74, 6) is 0.218. The molecule has 0 radical (unpaired) electrons. The molecule has 4 heteroatoms. The van der Waals surface area contributed by atoms with Crippen LogP contribution in [0.15, 0.2) is 30.5 Å². The number of aldehydes is 1. The maximum atomic E-state index is 11.0. The van der Waals surface area contributed by atoms with Crippen LogP contribution in [0.3, 0.4) is 0 Å². The Balaban J connectivity index is 2.50. The van der Waals surface area contributed by atoms with E-state index in [0.29, 0.717) is 10.6 Å². The molecule has 1 heterocycles. The molecule has 88 valence electrons. The third-order valence-electron chi connectivity index (χ3n) is 2.52. The van der Waals surface area contributed by atoms with Crippen molar-refractivity contribution in [3.8, 4) is 5.69 Å². The molecule has 0 N–H and O–H groups in total. The van der Waals surface area contributed by atoms with Gasteiger partial charge in [-0.15, -0.1) is 0 Å². The van der Waals surface area contributed by atoms with E-state index in [9.17, 15) is 4.79 Å². The zero-order chi connectivity index (χ0) is 12.4. The lowest BCUT2D eigenvalue weighted by Gasteiger charge is -2.02. The highest BCUT2D eigenvalue weighted by molar-refractivity contribution is 6.30. The van der Waals surface area contributed by atoms with E-state index in [1.54, 1.807) is 16.9 Å². The van der Waals surface area contributed by atoms with Crippen LogP contribution in [0, 0.1) is 0 Å². The number of aromatic nitrogens is 2. The number of rotatable bonds is 3. The van der Waals surface area contributed by atoms with Gasteiger partial charge in [-0.1, -0.05) is 31.5 Å². The molecule has 0 aliphatic heterocycles. The normalized spacial score (nSPS) is 10.8. The number of benzene rings is 1. The molecule has 0 aliphatic rings. The molecule has 3 nitrogen and oxygen atoms in total. The summed E-state index contributed by atoms with van der Waals surface area (Å²) in [5, 5.41) is 5.07. The van der Waals surface area contributed by atoms with Gasteiger partial charge in [0.05, 0.1) is 16.9 Å². The average Bonchev–Trinajstić information content (AvgIpc) is 2.73. The standard InChI is InChI=1S/C13H13ClN2O/c1-9(2)13-10(8-17)7-16(15-13)12-5-3-4-11(14)6-12/h3-9H,1-2H3. The lowest BCUT2D eigenvalue weighted by molar-refractivity contribution is 0.112. The zero-order valence-electron chi connectivity index (χ0n) is 9.72. The van der Waals surface area contributed by atoms with Crippen LogP contribution >= 0.6 is 11.6 Å². The molecule has 0 saturated carbocycles. The molecule has 0 atom stereocenters. The van der Waals surface area contributed by atoms with Gasteiger partial charge in [-0.05, 0) is 24.1 Å². The van der Waals surface area contributed by atoms with E-state index in [4.69, 9.17) is 11.6 Å². The quantitative estimate of drug-likeness (QED) is 0.780. The van der Waals surface area contributed by atoms with Gasteiger partial charge in [0.25, 0.3) is 0 Å². The van der Waals surface area contributed by atoms with Crippen molar-refractivity contribution in [2.45, 2.75) is 19.8 Å². The number of carbonyl (C=O) groups is 1. The van der Waals surface area contributed by atoms with Gasteiger partial charge < -0.3 is 0 Å². The van der Waals surface area contributed by atoms with Crippen molar-refractivity contribution in [2.75, 3.05) is 0 Å². The fourth-order valence-corrected chi connectivity index (χ4v) is 1.88. The summed E-state index contributed by atoms with van der Waals surface area (Å²) in [7, 11) is 0. The number of hydrogen-bond donors (Lipinski definition) is 0. The summed E-state index contributed by atoms with van der Waals surface area (Å²) in [6, 6.07) is 7.37. The van der Waals surface area contributed by atoms with Gasteiger partial charge in [-0.2, -0.15) is 5.10 Å². The number of nitrogens with zero attached hydrogens (tertiary/aromatic N) is 2. The van der Waals surface area contributed by atoms with E-state index < -0.39 is 0 Å². The van der Waals surface area contributed by atoms with E-state index in [0.717, 1.165) is 17.7 Å². The van der Waals surface area contributed by atoms with Crippen LogP contribution in [0.5, 0.6) is 0 Å². The molecule has 0 bridgehead atoms. The highest BCUT2D eigenvalue weighted by Crippen LogP contribution is 2.20. The summed E-state index contributed by atoms with van der Waals surface area (Å²) < 4.78 is 1.69. The SMILES string of the molecule is CC(C)c1nn(-c2cccc(Cl)c2)cc1C=O. The first kappa shape index (κ1) is 11.9. The van der Waals surface area contributed by atoms with Gasteiger partial charge in [0.2, 0.25) is 0 Å². The minimum Gasteiger partial charge on any atom is -0.298 e. The van der Waals surface area contributed by atoms with Crippen molar-refractivity contribution in [3.63, 3.8) is 0 Å². The van der Waals surface area contributed by atoms with Crippen LogP contribution in [0.1, 0.15) is 35.8 Å². The summed E-state index contributed by atoms with van der Waals surface area (Å²) >= 11 is 5.93. The van der Waals surface area contributed by atoms with Crippen LogP contribution in [-0.2, 0) is 0 Å². The maximum Gasteiger partial charge on any atom is 0.153 e. The molecule has 0 spiro atoms. The first-order valence-electron chi connectivity index (χ1n) is 5.42. The molecule has 0 saturated heterocycles. The molecule has 2 aromatic rings. The Morgan fingerprint density at radius 2 is 2.18 bits per heavy atom. The number of carbonyl (C=O) groups excluding carboxylic acids is 1. The van der Waals surface area contributed by atoms with Crippen molar-refractivity contribution in [3.05, 3.63) is 46.7 Å². The Hall–Kier alpha value is -1.61. The second kappa shape index (κ2) is 4.72. The van der Waals surface area contributed by atoms with Crippen LogP contribution in [-0.4, -0.2) is 16.1 Å². The number of hydrogen-bond acceptors (Lipinski definition) is 2. The Labute approximate surface area is 105 Å². The molecule has 0 fully saturated rings. The molecule has 2 rings (SSSR count). The van der Waals surface area contributed by atoms with Gasteiger partial charge in [-0.25, -0.2) is 4.68 Å². The second-order valence-electron chi connectivity index (χ2n) is 4.17. The molecule has 17 heavy (non-hydrogen) atoms. The van der Waals surface area contributed by atoms with E-state index >= 15 is 0 Å². The minimum atomic E-state index is 0.218. The van der Waals surface area contributed by atoms with E-state index in [-0.39, 0.29) is 5.92 Å². The zero-order valence-corrected chi connectivity index (χ0v) is 10.5. The van der Waals surface area contributed by atoms with E-state index in [1.807, 2.05) is 32.0 Å². The van der Waals surface area contributed by atoms with Crippen molar-refractivity contribution in [1.82, 2.24) is 9.78 Å². The Kier molecular flexibility index (Phi) is 3.29. The largest absolute Gasteiger partial charge is 0.298 e. The molecule has 1 aromatic heterocycles. The molecular weight excluding hydrogens is 236 g/mol. The first-order chi connectivity index (χ1) is 8.11. The van der Waals surface area contributed by atoms with Gasteiger partial charge >= 0.3 is 0 Å². The van der Waals surface area contributed by atoms with Crippen LogP contribution < -0.4 is 0 Å². The third kappa shape index (κ3) is 2.39. The summed E-state index contributed by atoms with van der Waals surface area (Å²) in [6.45, 7) is 4.02. The van der Waals surface area contributed by atoms with Crippen LogP contribution in [0.2, 0.25) is 5.02 Å². The highest BCUT2D eigenvalue weighted by Gasteiger charge is 2.12. The van der Waals surface area contributed by atoms with E-state index in [1.165, 1.54) is 0 Å². The third-order valence-corrected chi connectivity index (χ3v) is 2.75. The fourth-order valence-electron chi connectivity index (χ4n) is 1.69.